The number of rotatable bonds is 5. The van der Waals surface area contributed by atoms with Crippen molar-refractivity contribution in [1.29, 1.82) is 0 Å². The van der Waals surface area contributed by atoms with Crippen molar-refractivity contribution in [2.75, 3.05) is 6.61 Å². The number of hydrogen-bond acceptors (Lipinski definition) is 3. The number of benzene rings is 1. The molecule has 18 heavy (non-hydrogen) atoms. The van der Waals surface area contributed by atoms with E-state index in [1.807, 2.05) is 0 Å². The normalized spacial score (nSPS) is 20.8. The number of hydrogen-bond donors (Lipinski definition) is 2. The highest BCUT2D eigenvalue weighted by molar-refractivity contribution is 5.29. The summed E-state index contributed by atoms with van der Waals surface area (Å²) in [6.07, 6.45) is 3.71. The van der Waals surface area contributed by atoms with Gasteiger partial charge in [0.25, 0.3) is 0 Å². The van der Waals surface area contributed by atoms with Gasteiger partial charge in [-0.05, 0) is 50.2 Å². The molecule has 0 aliphatic heterocycles. The van der Waals surface area contributed by atoms with E-state index in [2.05, 4.69) is 43.5 Å². The fourth-order valence-electron chi connectivity index (χ4n) is 2.69. The summed E-state index contributed by atoms with van der Waals surface area (Å²) in [7, 11) is 0. The lowest BCUT2D eigenvalue weighted by Crippen LogP contribution is -2.46. The molecule has 2 unspecified atom stereocenters. The second-order valence-electron chi connectivity index (χ2n) is 5.43. The molecule has 0 bridgehead atoms. The molecule has 100 valence electrons. The molecule has 3 heteroatoms. The van der Waals surface area contributed by atoms with Crippen molar-refractivity contribution >= 4 is 0 Å². The Bertz CT molecular complexity index is 379. The van der Waals surface area contributed by atoms with E-state index in [1.165, 1.54) is 17.5 Å². The molecule has 1 aromatic carbocycles. The van der Waals surface area contributed by atoms with E-state index in [0.29, 0.717) is 12.5 Å². The Balaban J connectivity index is 1.98. The fraction of sp³-hybridized carbons (Fsp3) is 0.600. The van der Waals surface area contributed by atoms with Gasteiger partial charge in [-0.15, -0.1) is 0 Å². The molecule has 0 saturated carbocycles. The van der Waals surface area contributed by atoms with Gasteiger partial charge >= 0.3 is 0 Å². The van der Waals surface area contributed by atoms with Crippen LogP contribution in [0.15, 0.2) is 24.3 Å². The topological polar surface area (TPSA) is 47.3 Å². The van der Waals surface area contributed by atoms with Crippen molar-refractivity contribution in [2.45, 2.75) is 45.3 Å². The minimum atomic E-state index is 0.251. The molecule has 3 nitrogen and oxygen atoms in total. The number of nitrogens with one attached hydrogen (secondary N) is 1. The molecular formula is C15H24N2O. The summed E-state index contributed by atoms with van der Waals surface area (Å²) >= 11 is 0. The Morgan fingerprint density at radius 3 is 2.72 bits per heavy atom. The van der Waals surface area contributed by atoms with Crippen LogP contribution in [0.2, 0.25) is 0 Å². The number of nitrogens with two attached hydrogens (primary N) is 1. The molecule has 0 heterocycles. The Morgan fingerprint density at radius 1 is 1.33 bits per heavy atom. The maximum Gasteiger partial charge on any atom is 0.0639 e. The third-order valence-corrected chi connectivity index (χ3v) is 3.78. The SMILES string of the molecule is CC(C)OCC(NN)C1CCc2ccccc2C1. The molecule has 2 rings (SSSR count). The number of ether oxygens (including phenoxy) is 1. The molecular weight excluding hydrogens is 224 g/mol. The first-order valence-electron chi connectivity index (χ1n) is 6.85. The second kappa shape index (κ2) is 6.32. The lowest BCUT2D eigenvalue weighted by atomic mass is 9.80. The Hall–Kier alpha value is -0.900. The lowest BCUT2D eigenvalue weighted by molar-refractivity contribution is 0.0462. The zero-order valence-corrected chi connectivity index (χ0v) is 11.4. The zero-order chi connectivity index (χ0) is 13.0. The highest BCUT2D eigenvalue weighted by Crippen LogP contribution is 2.27. The van der Waals surface area contributed by atoms with Gasteiger partial charge in [0.1, 0.15) is 0 Å². The number of aryl methyl sites for hydroxylation is 1. The van der Waals surface area contributed by atoms with E-state index >= 15 is 0 Å². The van der Waals surface area contributed by atoms with Crippen molar-refractivity contribution in [3.05, 3.63) is 35.4 Å². The quantitative estimate of drug-likeness (QED) is 0.619. The van der Waals surface area contributed by atoms with Gasteiger partial charge in [-0.25, -0.2) is 0 Å². The van der Waals surface area contributed by atoms with Gasteiger partial charge in [-0.2, -0.15) is 0 Å². The highest BCUT2D eigenvalue weighted by Gasteiger charge is 2.25. The van der Waals surface area contributed by atoms with Crippen LogP contribution in [0.1, 0.15) is 31.4 Å². The average Bonchev–Trinajstić information content (AvgIpc) is 2.39. The van der Waals surface area contributed by atoms with Gasteiger partial charge in [0.15, 0.2) is 0 Å². The summed E-state index contributed by atoms with van der Waals surface area (Å²) in [5.74, 6) is 6.25. The summed E-state index contributed by atoms with van der Waals surface area (Å²) in [6, 6.07) is 8.97. The van der Waals surface area contributed by atoms with Crippen LogP contribution in [0.25, 0.3) is 0 Å². The van der Waals surface area contributed by atoms with Crippen molar-refractivity contribution in [3.63, 3.8) is 0 Å². The largest absolute Gasteiger partial charge is 0.377 e. The predicted molar refractivity (Wildman–Crippen MR) is 74.2 cm³/mol. The third kappa shape index (κ3) is 3.31. The van der Waals surface area contributed by atoms with Crippen LogP contribution in [-0.2, 0) is 17.6 Å². The third-order valence-electron chi connectivity index (χ3n) is 3.78. The highest BCUT2D eigenvalue weighted by atomic mass is 16.5. The molecule has 1 aliphatic rings. The minimum Gasteiger partial charge on any atom is -0.377 e. The summed E-state index contributed by atoms with van der Waals surface area (Å²) in [5, 5.41) is 0. The van der Waals surface area contributed by atoms with Crippen LogP contribution in [0.3, 0.4) is 0 Å². The average molecular weight is 248 g/mol. The Kier molecular flexibility index (Phi) is 4.75. The van der Waals surface area contributed by atoms with Crippen LogP contribution < -0.4 is 11.3 Å². The Morgan fingerprint density at radius 2 is 2.06 bits per heavy atom. The maximum atomic E-state index is 5.69. The van der Waals surface area contributed by atoms with Gasteiger partial charge in [-0.1, -0.05) is 24.3 Å². The molecule has 1 aliphatic carbocycles. The molecule has 0 amide bonds. The van der Waals surface area contributed by atoms with E-state index in [1.54, 1.807) is 0 Å². The smallest absolute Gasteiger partial charge is 0.0639 e. The number of hydrazine groups is 1. The van der Waals surface area contributed by atoms with E-state index in [0.717, 1.165) is 12.8 Å². The minimum absolute atomic E-state index is 0.251. The first-order chi connectivity index (χ1) is 8.70. The van der Waals surface area contributed by atoms with Crippen LogP contribution in [-0.4, -0.2) is 18.8 Å². The molecule has 3 N–H and O–H groups in total. The van der Waals surface area contributed by atoms with E-state index < -0.39 is 0 Å². The van der Waals surface area contributed by atoms with Crippen LogP contribution in [0.4, 0.5) is 0 Å². The van der Waals surface area contributed by atoms with Crippen LogP contribution in [0, 0.1) is 5.92 Å². The molecule has 0 spiro atoms. The van der Waals surface area contributed by atoms with Gasteiger partial charge in [0.05, 0.1) is 12.7 Å². The standard InChI is InChI=1S/C15H24N2O/c1-11(2)18-10-15(17-16)14-8-7-12-5-3-4-6-13(12)9-14/h3-6,11,14-15,17H,7-10,16H2,1-2H3. The van der Waals surface area contributed by atoms with E-state index in [9.17, 15) is 0 Å². The Labute approximate surface area is 110 Å². The van der Waals surface area contributed by atoms with Gasteiger partial charge in [-0.3, -0.25) is 11.3 Å². The monoisotopic (exact) mass is 248 g/mol. The van der Waals surface area contributed by atoms with Crippen molar-refractivity contribution in [2.24, 2.45) is 11.8 Å². The zero-order valence-electron chi connectivity index (χ0n) is 11.4. The van der Waals surface area contributed by atoms with Gasteiger partial charge in [0.2, 0.25) is 0 Å². The molecule has 2 atom stereocenters. The second-order valence-corrected chi connectivity index (χ2v) is 5.43. The first kappa shape index (κ1) is 13.5. The summed E-state index contributed by atoms with van der Waals surface area (Å²) in [4.78, 5) is 0. The predicted octanol–water partition coefficient (Wildman–Crippen LogP) is 2.05. The van der Waals surface area contributed by atoms with Crippen molar-refractivity contribution in [3.8, 4) is 0 Å². The van der Waals surface area contributed by atoms with Gasteiger partial charge in [0, 0.05) is 6.04 Å². The summed E-state index contributed by atoms with van der Waals surface area (Å²) < 4.78 is 5.69. The van der Waals surface area contributed by atoms with E-state index in [-0.39, 0.29) is 12.1 Å². The lowest BCUT2D eigenvalue weighted by Gasteiger charge is -2.31. The van der Waals surface area contributed by atoms with Gasteiger partial charge < -0.3 is 4.74 Å². The fourth-order valence-corrected chi connectivity index (χ4v) is 2.69. The maximum absolute atomic E-state index is 5.69. The molecule has 1 aromatic rings. The van der Waals surface area contributed by atoms with E-state index in [4.69, 9.17) is 10.6 Å². The van der Waals surface area contributed by atoms with Crippen molar-refractivity contribution < 1.29 is 4.74 Å². The molecule has 0 fully saturated rings. The number of fused-ring (bicyclic) bond motifs is 1. The molecule has 0 radical (unpaired) electrons. The molecule has 0 saturated heterocycles. The summed E-state index contributed by atoms with van der Waals surface area (Å²) in [5.41, 5.74) is 5.90. The molecule has 0 aromatic heterocycles. The first-order valence-corrected chi connectivity index (χ1v) is 6.85. The van der Waals surface area contributed by atoms with Crippen LogP contribution >= 0.6 is 0 Å². The van der Waals surface area contributed by atoms with Crippen LogP contribution in [0.5, 0.6) is 0 Å². The van der Waals surface area contributed by atoms with Crippen molar-refractivity contribution in [1.82, 2.24) is 5.43 Å². The summed E-state index contributed by atoms with van der Waals surface area (Å²) in [6.45, 7) is 4.81.